The largest absolute Gasteiger partial charge is 0.383 e. The maximum atomic E-state index is 11.2. The van der Waals surface area contributed by atoms with Gasteiger partial charge in [0.25, 0.3) is 0 Å². The Labute approximate surface area is 122 Å². The number of rotatable bonds is 5. The lowest BCUT2D eigenvalue weighted by Crippen LogP contribution is -2.47. The number of sulfonamides is 1. The van der Waals surface area contributed by atoms with Gasteiger partial charge in [-0.3, -0.25) is 0 Å². The predicted molar refractivity (Wildman–Crippen MR) is 79.4 cm³/mol. The number of hydrogen-bond acceptors (Lipinski definition) is 4. The van der Waals surface area contributed by atoms with Gasteiger partial charge in [0.2, 0.25) is 10.0 Å². The third kappa shape index (κ3) is 5.59. The molecule has 0 radical (unpaired) electrons. The van der Waals surface area contributed by atoms with Gasteiger partial charge < -0.3 is 5.32 Å². The Morgan fingerprint density at radius 1 is 1.42 bits per heavy atom. The van der Waals surface area contributed by atoms with E-state index in [2.05, 4.69) is 32.0 Å². The average molecular weight is 346 g/mol. The lowest BCUT2D eigenvalue weighted by atomic mass is 10.1. The van der Waals surface area contributed by atoms with E-state index in [0.29, 0.717) is 16.6 Å². The highest BCUT2D eigenvalue weighted by molar-refractivity contribution is 9.10. The fraction of sp³-hybridized carbons (Fsp3) is 0.417. The van der Waals surface area contributed by atoms with E-state index in [-0.39, 0.29) is 0 Å². The van der Waals surface area contributed by atoms with Crippen molar-refractivity contribution in [1.82, 2.24) is 4.72 Å². The molecule has 0 aliphatic heterocycles. The highest BCUT2D eigenvalue weighted by Crippen LogP contribution is 2.21. The Balaban J connectivity index is 2.72. The Morgan fingerprint density at radius 3 is 2.53 bits per heavy atom. The minimum Gasteiger partial charge on any atom is -0.383 e. The SMILES string of the molecule is CC(C)(CNc1ccc(C#N)c(Br)c1)NS(C)(=O)=O. The van der Waals surface area contributed by atoms with Crippen molar-refractivity contribution in [2.24, 2.45) is 0 Å². The van der Waals surface area contributed by atoms with Gasteiger partial charge in [0, 0.05) is 22.2 Å². The Morgan fingerprint density at radius 2 is 2.05 bits per heavy atom. The van der Waals surface area contributed by atoms with Gasteiger partial charge in [-0.25, -0.2) is 13.1 Å². The van der Waals surface area contributed by atoms with Crippen molar-refractivity contribution < 1.29 is 8.42 Å². The summed E-state index contributed by atoms with van der Waals surface area (Å²) in [6.07, 6.45) is 1.13. The predicted octanol–water partition coefficient (Wildman–Crippen LogP) is 2.06. The number of benzene rings is 1. The van der Waals surface area contributed by atoms with Crippen LogP contribution in [0, 0.1) is 11.3 Å². The second-order valence-electron chi connectivity index (χ2n) is 4.92. The molecule has 0 saturated carbocycles. The first kappa shape index (κ1) is 16.0. The summed E-state index contributed by atoms with van der Waals surface area (Å²) in [5.41, 5.74) is 0.766. The van der Waals surface area contributed by atoms with Crippen molar-refractivity contribution in [2.45, 2.75) is 19.4 Å². The van der Waals surface area contributed by atoms with E-state index in [9.17, 15) is 8.42 Å². The van der Waals surface area contributed by atoms with Gasteiger partial charge >= 0.3 is 0 Å². The minimum atomic E-state index is -3.25. The number of nitriles is 1. The lowest BCUT2D eigenvalue weighted by molar-refractivity contribution is 0.476. The van der Waals surface area contributed by atoms with E-state index in [4.69, 9.17) is 5.26 Å². The summed E-state index contributed by atoms with van der Waals surface area (Å²) in [6.45, 7) is 4.01. The van der Waals surface area contributed by atoms with E-state index in [0.717, 1.165) is 11.9 Å². The highest BCUT2D eigenvalue weighted by Gasteiger charge is 2.21. The van der Waals surface area contributed by atoms with Crippen LogP contribution >= 0.6 is 15.9 Å². The zero-order valence-electron chi connectivity index (χ0n) is 11.0. The van der Waals surface area contributed by atoms with Crippen LogP contribution in [0.4, 0.5) is 5.69 Å². The van der Waals surface area contributed by atoms with Crippen LogP contribution in [0.25, 0.3) is 0 Å². The molecule has 0 fully saturated rings. The van der Waals surface area contributed by atoms with Crippen LogP contribution in [0.1, 0.15) is 19.4 Å². The molecule has 2 N–H and O–H groups in total. The van der Waals surface area contributed by atoms with E-state index < -0.39 is 15.6 Å². The molecule has 5 nitrogen and oxygen atoms in total. The molecule has 0 aliphatic carbocycles. The number of hydrogen-bond donors (Lipinski definition) is 2. The van der Waals surface area contributed by atoms with Crippen LogP contribution in [0.3, 0.4) is 0 Å². The quantitative estimate of drug-likeness (QED) is 0.855. The van der Waals surface area contributed by atoms with E-state index in [1.54, 1.807) is 32.0 Å². The van der Waals surface area contributed by atoms with E-state index in [1.165, 1.54) is 0 Å². The average Bonchev–Trinajstić information content (AvgIpc) is 2.23. The maximum absolute atomic E-state index is 11.2. The molecule has 0 aliphatic rings. The molecule has 0 spiro atoms. The van der Waals surface area contributed by atoms with E-state index >= 15 is 0 Å². The molecule has 0 amide bonds. The second-order valence-corrected chi connectivity index (χ2v) is 7.52. The van der Waals surface area contributed by atoms with Gasteiger partial charge in [-0.15, -0.1) is 0 Å². The first-order valence-corrected chi connectivity index (χ1v) is 8.24. The van der Waals surface area contributed by atoms with Crippen LogP contribution in [-0.2, 0) is 10.0 Å². The molecular formula is C12H16BrN3O2S. The summed E-state index contributed by atoms with van der Waals surface area (Å²) >= 11 is 3.30. The lowest BCUT2D eigenvalue weighted by Gasteiger charge is -2.25. The van der Waals surface area contributed by atoms with Crippen LogP contribution in [0.5, 0.6) is 0 Å². The van der Waals surface area contributed by atoms with Gasteiger partial charge in [-0.1, -0.05) is 0 Å². The fourth-order valence-corrected chi connectivity index (χ4v) is 3.12. The maximum Gasteiger partial charge on any atom is 0.209 e. The number of anilines is 1. The number of halogens is 1. The standard InChI is InChI=1S/C12H16BrN3O2S/c1-12(2,16-19(3,17)18)8-15-10-5-4-9(7-14)11(13)6-10/h4-6,15-16H,8H2,1-3H3. The summed E-state index contributed by atoms with van der Waals surface area (Å²) in [4.78, 5) is 0. The fourth-order valence-electron chi connectivity index (χ4n) is 1.58. The summed E-state index contributed by atoms with van der Waals surface area (Å²) in [5.74, 6) is 0. The Bertz CT molecular complexity index is 606. The van der Waals surface area contributed by atoms with Crippen LogP contribution in [0.15, 0.2) is 22.7 Å². The minimum absolute atomic E-state index is 0.429. The molecule has 7 heteroatoms. The van der Waals surface area contributed by atoms with Crippen molar-refractivity contribution in [3.05, 3.63) is 28.2 Å². The van der Waals surface area contributed by atoms with Crippen LogP contribution in [0.2, 0.25) is 0 Å². The molecule has 0 heterocycles. The molecule has 1 rings (SSSR count). The summed E-state index contributed by atoms with van der Waals surface area (Å²) in [7, 11) is -3.25. The molecule has 19 heavy (non-hydrogen) atoms. The molecule has 0 atom stereocenters. The first-order valence-electron chi connectivity index (χ1n) is 5.55. The first-order chi connectivity index (χ1) is 8.63. The van der Waals surface area contributed by atoms with Crippen molar-refractivity contribution in [2.75, 3.05) is 18.1 Å². The van der Waals surface area contributed by atoms with Gasteiger partial charge in [-0.05, 0) is 48.0 Å². The molecule has 0 aromatic heterocycles. The molecule has 104 valence electrons. The summed E-state index contributed by atoms with van der Waals surface area (Å²) in [6, 6.07) is 7.32. The topological polar surface area (TPSA) is 82.0 Å². The smallest absolute Gasteiger partial charge is 0.209 e. The summed E-state index contributed by atoms with van der Waals surface area (Å²) in [5, 5.41) is 12.0. The van der Waals surface area contributed by atoms with Crippen molar-refractivity contribution in [1.29, 1.82) is 5.26 Å². The number of nitrogens with zero attached hydrogens (tertiary/aromatic N) is 1. The van der Waals surface area contributed by atoms with Gasteiger partial charge in [0.15, 0.2) is 0 Å². The van der Waals surface area contributed by atoms with Gasteiger partial charge in [0.05, 0.1) is 11.8 Å². The molecule has 1 aromatic rings. The molecule has 1 aromatic carbocycles. The zero-order chi connectivity index (χ0) is 14.7. The van der Waals surface area contributed by atoms with Gasteiger partial charge in [-0.2, -0.15) is 5.26 Å². The van der Waals surface area contributed by atoms with Crippen molar-refractivity contribution in [3.63, 3.8) is 0 Å². The van der Waals surface area contributed by atoms with Gasteiger partial charge in [0.1, 0.15) is 6.07 Å². The van der Waals surface area contributed by atoms with Crippen LogP contribution < -0.4 is 10.0 Å². The highest BCUT2D eigenvalue weighted by atomic mass is 79.9. The summed E-state index contributed by atoms with van der Waals surface area (Å²) < 4.78 is 25.7. The monoisotopic (exact) mass is 345 g/mol. The van der Waals surface area contributed by atoms with Crippen molar-refractivity contribution >= 4 is 31.6 Å². The van der Waals surface area contributed by atoms with Crippen LogP contribution in [-0.4, -0.2) is 26.8 Å². The van der Waals surface area contributed by atoms with Crippen molar-refractivity contribution in [3.8, 4) is 6.07 Å². The Kier molecular flexibility index (Phi) is 4.96. The third-order valence-corrected chi connectivity index (χ3v) is 3.87. The van der Waals surface area contributed by atoms with E-state index in [1.807, 2.05) is 0 Å². The zero-order valence-corrected chi connectivity index (χ0v) is 13.4. The molecule has 0 unspecified atom stereocenters. The molecular weight excluding hydrogens is 330 g/mol. The molecule has 0 saturated heterocycles. The normalized spacial score (nSPS) is 11.9. The Hall–Kier alpha value is -1.10. The third-order valence-electron chi connectivity index (χ3n) is 2.29. The molecule has 0 bridgehead atoms. The second kappa shape index (κ2) is 5.90. The number of nitrogens with one attached hydrogen (secondary N) is 2.